The van der Waals surface area contributed by atoms with Gasteiger partial charge in [0.25, 0.3) is 0 Å². The van der Waals surface area contributed by atoms with Crippen LogP contribution in [0.25, 0.3) is 0 Å². The summed E-state index contributed by atoms with van der Waals surface area (Å²) in [5, 5.41) is 0. The van der Waals surface area contributed by atoms with Gasteiger partial charge in [-0.3, -0.25) is 0 Å². The fourth-order valence-electron chi connectivity index (χ4n) is 0.475. The second kappa shape index (κ2) is 5.65. The number of nitrogens with two attached hydrogens (primary N) is 1. The molecule has 0 fully saturated rings. The molecule has 0 aromatic rings. The van der Waals surface area contributed by atoms with E-state index < -0.39 is 0 Å². The first kappa shape index (κ1) is 9.88. The first-order valence-electron chi connectivity index (χ1n) is 3.61. The van der Waals surface area contributed by atoms with Crippen molar-refractivity contribution in [3.8, 4) is 0 Å². The lowest BCUT2D eigenvalue weighted by atomic mass is 10.1. The Bertz CT molecular complexity index is 76.0. The largest absolute Gasteiger partial charge is 0.376 e. The average Bonchev–Trinajstić information content (AvgIpc) is 1.88. The first-order chi connectivity index (χ1) is 4.68. The molecular weight excluding hydrogens is 130 g/mol. The van der Waals surface area contributed by atoms with E-state index in [2.05, 4.69) is 18.7 Å². The van der Waals surface area contributed by atoms with E-state index in [-0.39, 0.29) is 6.10 Å². The van der Waals surface area contributed by atoms with E-state index >= 15 is 0 Å². The maximum atomic E-state index is 5.34. The van der Waals surface area contributed by atoms with Crippen LogP contribution in [0.5, 0.6) is 0 Å². The summed E-state index contributed by atoms with van der Waals surface area (Å²) in [6, 6.07) is 0. The Morgan fingerprint density at radius 2 is 1.80 bits per heavy atom. The lowest BCUT2D eigenvalue weighted by Crippen LogP contribution is -2.19. The normalized spacial score (nSPS) is 14.1. The highest BCUT2D eigenvalue weighted by molar-refractivity contribution is 4.53. The highest BCUT2D eigenvalue weighted by Crippen LogP contribution is 2.03. The second-order valence-electron chi connectivity index (χ2n) is 2.69. The van der Waals surface area contributed by atoms with Crippen molar-refractivity contribution in [2.24, 2.45) is 11.8 Å². The van der Waals surface area contributed by atoms with Crippen LogP contribution in [0.15, 0.2) is 0 Å². The van der Waals surface area contributed by atoms with Crippen molar-refractivity contribution >= 4 is 0 Å². The zero-order chi connectivity index (χ0) is 7.98. The average molecular weight is 147 g/mol. The molecule has 3 nitrogen and oxygen atoms in total. The minimum absolute atomic E-state index is 0.287. The first-order valence-corrected chi connectivity index (χ1v) is 3.61. The van der Waals surface area contributed by atoms with Crippen molar-refractivity contribution in [1.29, 1.82) is 0 Å². The zero-order valence-corrected chi connectivity index (χ0v) is 6.96. The number of hydrogen-bond acceptors (Lipinski definition) is 3. The van der Waals surface area contributed by atoms with Crippen molar-refractivity contribution in [1.82, 2.24) is 0 Å². The molecule has 2 N–H and O–H groups in total. The van der Waals surface area contributed by atoms with Crippen LogP contribution in [-0.4, -0.2) is 19.3 Å². The topological polar surface area (TPSA) is 44.5 Å². The van der Waals surface area contributed by atoms with Crippen molar-refractivity contribution in [3.63, 3.8) is 0 Å². The summed E-state index contributed by atoms with van der Waals surface area (Å²) in [7, 11) is 0. The Labute approximate surface area is 62.4 Å². The Hall–Kier alpha value is -0.120. The highest BCUT2D eigenvalue weighted by Gasteiger charge is 2.05. The third-order valence-electron chi connectivity index (χ3n) is 1.52. The third-order valence-corrected chi connectivity index (χ3v) is 1.52. The zero-order valence-electron chi connectivity index (χ0n) is 6.96. The van der Waals surface area contributed by atoms with Gasteiger partial charge in [-0.1, -0.05) is 13.8 Å². The molecule has 62 valence electrons. The van der Waals surface area contributed by atoms with Gasteiger partial charge in [-0.2, -0.15) is 0 Å². The van der Waals surface area contributed by atoms with E-state index in [1.54, 1.807) is 0 Å². The smallest absolute Gasteiger partial charge is 0.0913 e. The van der Waals surface area contributed by atoms with Crippen LogP contribution in [0.3, 0.4) is 0 Å². The third kappa shape index (κ3) is 4.73. The molecule has 0 spiro atoms. The number of rotatable bonds is 5. The predicted molar refractivity (Wildman–Crippen MR) is 40.4 cm³/mol. The minimum atomic E-state index is 0.287. The maximum Gasteiger partial charge on any atom is 0.0913 e. The van der Waals surface area contributed by atoms with E-state index in [4.69, 9.17) is 10.6 Å². The van der Waals surface area contributed by atoms with Crippen LogP contribution in [0.2, 0.25) is 0 Å². The van der Waals surface area contributed by atoms with Gasteiger partial charge in [0.15, 0.2) is 0 Å². The quantitative estimate of drug-likeness (QED) is 0.465. The summed E-state index contributed by atoms with van der Waals surface area (Å²) in [5.74, 6) is 5.36. The monoisotopic (exact) mass is 147 g/mol. The van der Waals surface area contributed by atoms with E-state index in [1.165, 1.54) is 0 Å². The maximum absolute atomic E-state index is 5.34. The fraction of sp³-hybridized carbons (Fsp3) is 1.00. The molecule has 0 aromatic carbocycles. The molecule has 0 aliphatic rings. The van der Waals surface area contributed by atoms with Gasteiger partial charge in [0.05, 0.1) is 19.3 Å². The van der Waals surface area contributed by atoms with E-state index in [1.807, 2.05) is 6.92 Å². The van der Waals surface area contributed by atoms with Crippen molar-refractivity contribution < 1.29 is 9.57 Å². The Morgan fingerprint density at radius 1 is 1.20 bits per heavy atom. The predicted octanol–water partition coefficient (Wildman–Crippen LogP) is 0.938. The standard InChI is InChI=1S/C7H17NO2/c1-6(2)7(3)9-4-5-10-8/h6-7H,4-5,8H2,1-3H3. The second-order valence-corrected chi connectivity index (χ2v) is 2.69. The van der Waals surface area contributed by atoms with Crippen LogP contribution in [-0.2, 0) is 9.57 Å². The Kier molecular flexibility index (Phi) is 5.58. The van der Waals surface area contributed by atoms with E-state index in [0.29, 0.717) is 19.1 Å². The molecule has 0 aromatic heterocycles. The summed E-state index contributed by atoms with van der Waals surface area (Å²) in [5.41, 5.74) is 0. The van der Waals surface area contributed by atoms with E-state index in [9.17, 15) is 0 Å². The molecule has 3 heteroatoms. The molecule has 0 bridgehead atoms. The minimum Gasteiger partial charge on any atom is -0.376 e. The van der Waals surface area contributed by atoms with Crippen molar-refractivity contribution in [3.05, 3.63) is 0 Å². The van der Waals surface area contributed by atoms with Gasteiger partial charge < -0.3 is 9.57 Å². The van der Waals surface area contributed by atoms with Crippen molar-refractivity contribution in [2.45, 2.75) is 26.9 Å². The Balaban J connectivity index is 3.13. The van der Waals surface area contributed by atoms with Crippen LogP contribution in [0.1, 0.15) is 20.8 Å². The molecule has 1 unspecified atom stereocenters. The Morgan fingerprint density at radius 3 is 2.20 bits per heavy atom. The van der Waals surface area contributed by atoms with Gasteiger partial charge in [-0.05, 0) is 12.8 Å². The SMILES string of the molecule is CC(C)C(C)OCCON. The van der Waals surface area contributed by atoms with Gasteiger partial charge >= 0.3 is 0 Å². The van der Waals surface area contributed by atoms with Crippen LogP contribution in [0, 0.1) is 5.92 Å². The molecule has 1 atom stereocenters. The molecule has 0 radical (unpaired) electrons. The highest BCUT2D eigenvalue weighted by atomic mass is 16.6. The molecule has 10 heavy (non-hydrogen) atoms. The van der Waals surface area contributed by atoms with Gasteiger partial charge in [-0.25, -0.2) is 5.90 Å². The molecule has 0 saturated carbocycles. The lowest BCUT2D eigenvalue weighted by Gasteiger charge is -2.15. The summed E-state index contributed by atoms with van der Waals surface area (Å²) in [6.45, 7) is 7.33. The molecular formula is C7H17NO2. The number of ether oxygens (including phenoxy) is 1. The molecule has 0 rings (SSSR count). The van der Waals surface area contributed by atoms with Gasteiger partial charge in [0.1, 0.15) is 0 Å². The molecule has 0 amide bonds. The summed E-state index contributed by atoms with van der Waals surface area (Å²) < 4.78 is 5.34. The van der Waals surface area contributed by atoms with Crippen LogP contribution >= 0.6 is 0 Å². The molecule has 0 heterocycles. The molecule has 0 saturated heterocycles. The molecule has 0 aliphatic heterocycles. The number of hydrogen-bond donors (Lipinski definition) is 1. The van der Waals surface area contributed by atoms with Crippen LogP contribution in [0.4, 0.5) is 0 Å². The van der Waals surface area contributed by atoms with Gasteiger partial charge in [-0.15, -0.1) is 0 Å². The van der Waals surface area contributed by atoms with E-state index in [0.717, 1.165) is 0 Å². The van der Waals surface area contributed by atoms with Gasteiger partial charge in [0.2, 0.25) is 0 Å². The van der Waals surface area contributed by atoms with Gasteiger partial charge in [0, 0.05) is 0 Å². The summed E-state index contributed by atoms with van der Waals surface area (Å²) in [6.07, 6.45) is 0.287. The summed E-state index contributed by atoms with van der Waals surface area (Å²) >= 11 is 0. The van der Waals surface area contributed by atoms with Crippen molar-refractivity contribution in [2.75, 3.05) is 13.2 Å². The lowest BCUT2D eigenvalue weighted by molar-refractivity contribution is -0.00631. The summed E-state index contributed by atoms with van der Waals surface area (Å²) in [4.78, 5) is 4.35. The fourth-order valence-corrected chi connectivity index (χ4v) is 0.475. The van der Waals surface area contributed by atoms with Crippen LogP contribution < -0.4 is 5.90 Å². The molecule has 0 aliphatic carbocycles.